The molecule has 1 heterocycles. The van der Waals surface area contributed by atoms with Gasteiger partial charge in [0, 0.05) is 19.6 Å². The quantitative estimate of drug-likeness (QED) is 0.721. The van der Waals surface area contributed by atoms with Crippen LogP contribution in [-0.2, 0) is 4.79 Å². The Bertz CT molecular complexity index is 170. The Labute approximate surface area is 86.9 Å². The molecule has 82 valence electrons. The molecule has 1 saturated heterocycles. The summed E-state index contributed by atoms with van der Waals surface area (Å²) in [6.45, 7) is 7.98. The maximum atomic E-state index is 12.0. The van der Waals surface area contributed by atoms with Crippen molar-refractivity contribution in [1.82, 2.24) is 10.2 Å². The first kappa shape index (κ1) is 11.5. The zero-order valence-electron chi connectivity index (χ0n) is 9.38. The van der Waals surface area contributed by atoms with Gasteiger partial charge < -0.3 is 10.2 Å². The van der Waals surface area contributed by atoms with E-state index in [-0.39, 0.29) is 5.92 Å². The fraction of sp³-hybridized carbons (Fsp3) is 0.909. The number of carbonyl (C=O) groups is 1. The Hall–Kier alpha value is -0.570. The molecule has 0 saturated carbocycles. The van der Waals surface area contributed by atoms with Crippen LogP contribution in [0.25, 0.3) is 0 Å². The smallest absolute Gasteiger partial charge is 0.227 e. The molecule has 1 unspecified atom stereocenters. The van der Waals surface area contributed by atoms with Gasteiger partial charge in [0.2, 0.25) is 5.91 Å². The van der Waals surface area contributed by atoms with Crippen LogP contribution in [0.15, 0.2) is 0 Å². The lowest BCUT2D eigenvalue weighted by Gasteiger charge is -2.24. The summed E-state index contributed by atoms with van der Waals surface area (Å²) in [4.78, 5) is 14.0. The average molecular weight is 198 g/mol. The van der Waals surface area contributed by atoms with E-state index in [0.717, 1.165) is 45.4 Å². The van der Waals surface area contributed by atoms with E-state index in [0.29, 0.717) is 5.91 Å². The predicted molar refractivity (Wildman–Crippen MR) is 58.1 cm³/mol. The third kappa shape index (κ3) is 2.98. The van der Waals surface area contributed by atoms with Crippen LogP contribution in [0.3, 0.4) is 0 Å². The standard InChI is InChI=1S/C11H22N2O/c1-3-7-13(8-4-2)11(14)10-5-6-12-9-10/h10,12H,3-9H2,1-2H3. The maximum Gasteiger partial charge on any atom is 0.227 e. The summed E-state index contributed by atoms with van der Waals surface area (Å²) in [5.74, 6) is 0.604. The van der Waals surface area contributed by atoms with Gasteiger partial charge in [-0.15, -0.1) is 0 Å². The van der Waals surface area contributed by atoms with E-state index in [2.05, 4.69) is 19.2 Å². The monoisotopic (exact) mass is 198 g/mol. The molecule has 0 spiro atoms. The van der Waals surface area contributed by atoms with Crippen molar-refractivity contribution in [1.29, 1.82) is 0 Å². The van der Waals surface area contributed by atoms with Crippen molar-refractivity contribution in [2.45, 2.75) is 33.1 Å². The third-order valence-corrected chi connectivity index (χ3v) is 2.71. The van der Waals surface area contributed by atoms with Gasteiger partial charge in [0.25, 0.3) is 0 Å². The van der Waals surface area contributed by atoms with Crippen molar-refractivity contribution in [3.8, 4) is 0 Å². The minimum atomic E-state index is 0.244. The molecule has 1 N–H and O–H groups in total. The first-order valence-electron chi connectivity index (χ1n) is 5.79. The largest absolute Gasteiger partial charge is 0.342 e. The van der Waals surface area contributed by atoms with E-state index in [1.165, 1.54) is 0 Å². The molecule has 3 nitrogen and oxygen atoms in total. The Kier molecular flexibility index (Phi) is 4.94. The highest BCUT2D eigenvalue weighted by atomic mass is 16.2. The molecular weight excluding hydrogens is 176 g/mol. The average Bonchev–Trinajstić information content (AvgIpc) is 2.69. The number of amides is 1. The van der Waals surface area contributed by atoms with Crippen LogP contribution >= 0.6 is 0 Å². The minimum absolute atomic E-state index is 0.244. The predicted octanol–water partition coefficient (Wildman–Crippen LogP) is 1.24. The van der Waals surface area contributed by atoms with Crippen LogP contribution in [0, 0.1) is 5.92 Å². The van der Waals surface area contributed by atoms with Crippen LogP contribution in [-0.4, -0.2) is 37.0 Å². The Morgan fingerprint density at radius 1 is 1.36 bits per heavy atom. The van der Waals surface area contributed by atoms with Crippen molar-refractivity contribution in [2.75, 3.05) is 26.2 Å². The summed E-state index contributed by atoms with van der Waals surface area (Å²) in [5.41, 5.74) is 0. The van der Waals surface area contributed by atoms with E-state index in [1.807, 2.05) is 4.90 Å². The summed E-state index contributed by atoms with van der Waals surface area (Å²) in [5, 5.41) is 3.24. The van der Waals surface area contributed by atoms with Gasteiger partial charge in [0.05, 0.1) is 5.92 Å². The molecule has 14 heavy (non-hydrogen) atoms. The Morgan fingerprint density at radius 2 is 2.00 bits per heavy atom. The Morgan fingerprint density at radius 3 is 2.43 bits per heavy atom. The second-order valence-corrected chi connectivity index (χ2v) is 4.02. The highest BCUT2D eigenvalue weighted by Crippen LogP contribution is 2.12. The van der Waals surface area contributed by atoms with Crippen LogP contribution in [0.2, 0.25) is 0 Å². The van der Waals surface area contributed by atoms with E-state index >= 15 is 0 Å². The molecule has 0 bridgehead atoms. The molecule has 1 aliphatic heterocycles. The van der Waals surface area contributed by atoms with Crippen LogP contribution in [0.1, 0.15) is 33.1 Å². The maximum absolute atomic E-state index is 12.0. The number of carbonyl (C=O) groups excluding carboxylic acids is 1. The number of nitrogens with zero attached hydrogens (tertiary/aromatic N) is 1. The molecule has 1 amide bonds. The normalized spacial score (nSPS) is 21.1. The van der Waals surface area contributed by atoms with E-state index in [9.17, 15) is 4.79 Å². The molecule has 0 aromatic carbocycles. The van der Waals surface area contributed by atoms with Gasteiger partial charge in [0.1, 0.15) is 0 Å². The summed E-state index contributed by atoms with van der Waals surface area (Å²) in [6, 6.07) is 0. The fourth-order valence-electron chi connectivity index (χ4n) is 2.00. The van der Waals surface area contributed by atoms with Crippen molar-refractivity contribution in [2.24, 2.45) is 5.92 Å². The Balaban J connectivity index is 2.43. The molecule has 1 aliphatic rings. The van der Waals surface area contributed by atoms with Gasteiger partial charge >= 0.3 is 0 Å². The van der Waals surface area contributed by atoms with E-state index < -0.39 is 0 Å². The minimum Gasteiger partial charge on any atom is -0.342 e. The molecule has 0 aromatic heterocycles. The van der Waals surface area contributed by atoms with Gasteiger partial charge in [-0.3, -0.25) is 4.79 Å². The van der Waals surface area contributed by atoms with Crippen LogP contribution < -0.4 is 5.32 Å². The summed E-state index contributed by atoms with van der Waals surface area (Å²) >= 11 is 0. The highest BCUT2D eigenvalue weighted by Gasteiger charge is 2.25. The summed E-state index contributed by atoms with van der Waals surface area (Å²) in [6.07, 6.45) is 3.14. The topological polar surface area (TPSA) is 32.3 Å². The first-order valence-corrected chi connectivity index (χ1v) is 5.79. The van der Waals surface area contributed by atoms with E-state index in [1.54, 1.807) is 0 Å². The molecule has 1 fully saturated rings. The SMILES string of the molecule is CCCN(CCC)C(=O)C1CCNC1. The molecule has 1 atom stereocenters. The van der Waals surface area contributed by atoms with Crippen molar-refractivity contribution in [3.63, 3.8) is 0 Å². The van der Waals surface area contributed by atoms with Gasteiger partial charge in [0.15, 0.2) is 0 Å². The van der Waals surface area contributed by atoms with Crippen molar-refractivity contribution in [3.05, 3.63) is 0 Å². The molecular formula is C11H22N2O. The van der Waals surface area contributed by atoms with Gasteiger partial charge in [-0.05, 0) is 25.8 Å². The zero-order chi connectivity index (χ0) is 10.4. The van der Waals surface area contributed by atoms with Crippen molar-refractivity contribution >= 4 is 5.91 Å². The summed E-state index contributed by atoms with van der Waals surface area (Å²) in [7, 11) is 0. The van der Waals surface area contributed by atoms with Gasteiger partial charge in [-0.2, -0.15) is 0 Å². The zero-order valence-corrected chi connectivity index (χ0v) is 9.38. The molecule has 3 heteroatoms. The number of rotatable bonds is 5. The lowest BCUT2D eigenvalue weighted by Crippen LogP contribution is -2.38. The molecule has 0 aromatic rings. The van der Waals surface area contributed by atoms with Crippen LogP contribution in [0.4, 0.5) is 0 Å². The van der Waals surface area contributed by atoms with Gasteiger partial charge in [-0.25, -0.2) is 0 Å². The summed E-state index contributed by atoms with van der Waals surface area (Å²) < 4.78 is 0. The highest BCUT2D eigenvalue weighted by molar-refractivity contribution is 5.79. The fourth-order valence-corrected chi connectivity index (χ4v) is 2.00. The van der Waals surface area contributed by atoms with Crippen molar-refractivity contribution < 1.29 is 4.79 Å². The van der Waals surface area contributed by atoms with Gasteiger partial charge in [-0.1, -0.05) is 13.8 Å². The third-order valence-electron chi connectivity index (χ3n) is 2.71. The van der Waals surface area contributed by atoms with Crippen LogP contribution in [0.5, 0.6) is 0 Å². The second-order valence-electron chi connectivity index (χ2n) is 4.02. The molecule has 0 radical (unpaired) electrons. The lowest BCUT2D eigenvalue weighted by molar-refractivity contribution is -0.135. The second kappa shape index (κ2) is 6.02. The lowest BCUT2D eigenvalue weighted by atomic mass is 10.1. The first-order chi connectivity index (χ1) is 6.79. The molecule has 0 aliphatic carbocycles. The number of hydrogen-bond acceptors (Lipinski definition) is 2. The van der Waals surface area contributed by atoms with E-state index in [4.69, 9.17) is 0 Å². The molecule has 1 rings (SSSR count). The number of hydrogen-bond donors (Lipinski definition) is 1. The number of nitrogens with one attached hydrogen (secondary N) is 1.